The van der Waals surface area contributed by atoms with Gasteiger partial charge in [-0.25, -0.2) is 9.97 Å². The number of thiazole rings is 1. The molecule has 7 nitrogen and oxygen atoms in total. The molecule has 8 heteroatoms. The summed E-state index contributed by atoms with van der Waals surface area (Å²) in [6.45, 7) is 5.92. The highest BCUT2D eigenvalue weighted by Crippen LogP contribution is 2.32. The number of aromatic nitrogens is 3. The number of amides is 1. The van der Waals surface area contributed by atoms with Crippen LogP contribution < -0.4 is 5.32 Å². The van der Waals surface area contributed by atoms with Crippen molar-refractivity contribution in [3.05, 3.63) is 39.6 Å². The first-order valence-corrected chi connectivity index (χ1v) is 10.0. The summed E-state index contributed by atoms with van der Waals surface area (Å²) in [5, 5.41) is 16.1. The quantitative estimate of drug-likeness (QED) is 0.591. The van der Waals surface area contributed by atoms with Gasteiger partial charge in [-0.1, -0.05) is 0 Å². The number of hydrogen-bond acceptors (Lipinski definition) is 6. The molecule has 0 spiro atoms. The third kappa shape index (κ3) is 4.24. The number of carbonyl (C=O) groups excluding carboxylic acids is 1. The molecule has 0 aliphatic heterocycles. The van der Waals surface area contributed by atoms with E-state index in [4.69, 9.17) is 9.72 Å². The van der Waals surface area contributed by atoms with Gasteiger partial charge >= 0.3 is 0 Å². The normalized spacial score (nSPS) is 11.9. The standard InChI is InChI=1S/C20H26N4O3S/c1-12-21-16(11-28-12)19(25)23-14-10-17-15(9-13(14)20(2,3)26)22-18(24(17)4)7-6-8-27-5/h9-11,26H,6-8H2,1-5H3,(H,23,25). The van der Waals surface area contributed by atoms with E-state index in [0.717, 1.165) is 34.7 Å². The number of fused-ring (bicyclic) bond motifs is 1. The van der Waals surface area contributed by atoms with Crippen LogP contribution in [0.3, 0.4) is 0 Å². The van der Waals surface area contributed by atoms with Crippen LogP contribution in [0.1, 0.15) is 47.2 Å². The Morgan fingerprint density at radius 3 is 2.71 bits per heavy atom. The smallest absolute Gasteiger partial charge is 0.275 e. The van der Waals surface area contributed by atoms with Gasteiger partial charge in [0, 0.05) is 43.8 Å². The second-order valence-electron chi connectivity index (χ2n) is 7.33. The van der Waals surface area contributed by atoms with Crippen LogP contribution in [0.15, 0.2) is 17.5 Å². The molecule has 0 saturated carbocycles. The summed E-state index contributed by atoms with van der Waals surface area (Å²) in [6, 6.07) is 3.71. The van der Waals surface area contributed by atoms with E-state index >= 15 is 0 Å². The number of ether oxygens (including phenoxy) is 1. The largest absolute Gasteiger partial charge is 0.386 e. The third-order valence-corrected chi connectivity index (χ3v) is 5.39. The summed E-state index contributed by atoms with van der Waals surface area (Å²) in [6.07, 6.45) is 1.66. The zero-order chi connectivity index (χ0) is 20.5. The fourth-order valence-electron chi connectivity index (χ4n) is 3.15. The van der Waals surface area contributed by atoms with Crippen molar-refractivity contribution in [2.24, 2.45) is 7.05 Å². The van der Waals surface area contributed by atoms with Gasteiger partial charge in [-0.2, -0.15) is 0 Å². The predicted octanol–water partition coefficient (Wildman–Crippen LogP) is 3.40. The summed E-state index contributed by atoms with van der Waals surface area (Å²) in [5.41, 5.74) is 2.08. The number of rotatable bonds is 7. The van der Waals surface area contributed by atoms with E-state index < -0.39 is 5.60 Å². The minimum Gasteiger partial charge on any atom is -0.386 e. The van der Waals surface area contributed by atoms with Crippen molar-refractivity contribution in [3.63, 3.8) is 0 Å². The lowest BCUT2D eigenvalue weighted by Gasteiger charge is -2.22. The molecule has 1 aromatic carbocycles. The van der Waals surface area contributed by atoms with Crippen molar-refractivity contribution < 1.29 is 14.6 Å². The highest BCUT2D eigenvalue weighted by atomic mass is 32.1. The van der Waals surface area contributed by atoms with E-state index in [2.05, 4.69) is 10.3 Å². The zero-order valence-electron chi connectivity index (χ0n) is 16.9. The van der Waals surface area contributed by atoms with E-state index in [1.807, 2.05) is 30.7 Å². The highest BCUT2D eigenvalue weighted by Gasteiger charge is 2.24. The highest BCUT2D eigenvalue weighted by molar-refractivity contribution is 7.09. The van der Waals surface area contributed by atoms with Crippen LogP contribution in [0.25, 0.3) is 11.0 Å². The fourth-order valence-corrected chi connectivity index (χ4v) is 3.74. The predicted molar refractivity (Wildman–Crippen MR) is 111 cm³/mol. The number of benzene rings is 1. The fraction of sp³-hybridized carbons (Fsp3) is 0.450. The molecule has 0 unspecified atom stereocenters. The molecule has 3 rings (SSSR count). The lowest BCUT2D eigenvalue weighted by atomic mass is 9.95. The lowest BCUT2D eigenvalue weighted by molar-refractivity contribution is 0.0794. The van der Waals surface area contributed by atoms with Crippen molar-refractivity contribution >= 4 is 34.0 Å². The number of hydrogen-bond donors (Lipinski definition) is 2. The second-order valence-corrected chi connectivity index (χ2v) is 8.40. The molecule has 0 fully saturated rings. The lowest BCUT2D eigenvalue weighted by Crippen LogP contribution is -2.21. The Hall–Kier alpha value is -2.29. The van der Waals surface area contributed by atoms with Crippen molar-refractivity contribution in [3.8, 4) is 0 Å². The van der Waals surface area contributed by atoms with Crippen molar-refractivity contribution in [2.45, 2.75) is 39.2 Å². The summed E-state index contributed by atoms with van der Waals surface area (Å²) >= 11 is 1.43. The number of nitrogens with one attached hydrogen (secondary N) is 1. The number of imidazole rings is 1. The van der Waals surface area contributed by atoms with Crippen LogP contribution >= 0.6 is 11.3 Å². The molecular formula is C20H26N4O3S. The first-order valence-electron chi connectivity index (χ1n) is 9.15. The Morgan fingerprint density at radius 1 is 1.36 bits per heavy atom. The maximum Gasteiger partial charge on any atom is 0.275 e. The summed E-state index contributed by atoms with van der Waals surface area (Å²) < 4.78 is 7.14. The van der Waals surface area contributed by atoms with Gasteiger partial charge in [0.2, 0.25) is 0 Å². The molecule has 0 aliphatic carbocycles. The SMILES string of the molecule is COCCCc1nc2cc(C(C)(C)O)c(NC(=O)c3csc(C)n3)cc2n1C. The van der Waals surface area contributed by atoms with Gasteiger partial charge in [0.15, 0.2) is 0 Å². The summed E-state index contributed by atoms with van der Waals surface area (Å²) in [7, 11) is 3.64. The van der Waals surface area contributed by atoms with Gasteiger partial charge in [0.1, 0.15) is 11.5 Å². The molecule has 2 N–H and O–H groups in total. The molecular weight excluding hydrogens is 376 g/mol. The molecule has 0 aliphatic rings. The van der Waals surface area contributed by atoms with Gasteiger partial charge < -0.3 is 19.7 Å². The van der Waals surface area contributed by atoms with E-state index in [-0.39, 0.29) is 5.91 Å². The van der Waals surface area contributed by atoms with Gasteiger partial charge in [-0.15, -0.1) is 11.3 Å². The van der Waals surface area contributed by atoms with Crippen molar-refractivity contribution in [1.82, 2.24) is 14.5 Å². The minimum absolute atomic E-state index is 0.295. The van der Waals surface area contributed by atoms with Crippen LogP contribution in [0.4, 0.5) is 5.69 Å². The van der Waals surface area contributed by atoms with Crippen molar-refractivity contribution in [2.75, 3.05) is 19.0 Å². The third-order valence-electron chi connectivity index (χ3n) is 4.62. The Morgan fingerprint density at radius 2 is 2.11 bits per heavy atom. The Bertz CT molecular complexity index is 1000. The maximum absolute atomic E-state index is 12.6. The number of aryl methyl sites for hydroxylation is 3. The van der Waals surface area contributed by atoms with Crippen molar-refractivity contribution in [1.29, 1.82) is 0 Å². The van der Waals surface area contributed by atoms with E-state index in [9.17, 15) is 9.90 Å². The number of aliphatic hydroxyl groups is 1. The number of carbonyl (C=O) groups is 1. The van der Waals surface area contributed by atoms with E-state index in [1.165, 1.54) is 11.3 Å². The van der Waals surface area contributed by atoms with Crippen LogP contribution in [0.2, 0.25) is 0 Å². The molecule has 2 aromatic heterocycles. The number of anilines is 1. The van der Waals surface area contributed by atoms with Crippen LogP contribution in [-0.4, -0.2) is 39.3 Å². The van der Waals surface area contributed by atoms with Crippen LogP contribution in [0, 0.1) is 6.92 Å². The van der Waals surface area contributed by atoms with Gasteiger partial charge in [0.05, 0.1) is 21.6 Å². The molecule has 3 aromatic rings. The number of methoxy groups -OCH3 is 1. The summed E-state index contributed by atoms with van der Waals surface area (Å²) in [4.78, 5) is 21.6. The Balaban J connectivity index is 2.01. The first kappa shape index (κ1) is 20.4. The molecule has 0 radical (unpaired) electrons. The Kier molecular flexibility index (Phi) is 5.83. The average Bonchev–Trinajstić information content (AvgIpc) is 3.18. The van der Waals surface area contributed by atoms with Gasteiger partial charge in [-0.3, -0.25) is 4.79 Å². The monoisotopic (exact) mass is 402 g/mol. The van der Waals surface area contributed by atoms with Crippen LogP contribution in [-0.2, 0) is 23.8 Å². The topological polar surface area (TPSA) is 89.3 Å². The molecule has 0 bridgehead atoms. The van der Waals surface area contributed by atoms with Gasteiger partial charge in [0.25, 0.3) is 5.91 Å². The number of nitrogens with zero attached hydrogens (tertiary/aromatic N) is 3. The molecule has 0 saturated heterocycles. The van der Waals surface area contributed by atoms with Crippen LogP contribution in [0.5, 0.6) is 0 Å². The second kappa shape index (κ2) is 7.98. The molecule has 2 heterocycles. The minimum atomic E-state index is -1.14. The zero-order valence-corrected chi connectivity index (χ0v) is 17.7. The van der Waals surface area contributed by atoms with Gasteiger partial charge in [-0.05, 0) is 39.3 Å². The Labute approximate surface area is 168 Å². The molecule has 1 amide bonds. The van der Waals surface area contributed by atoms with E-state index in [0.29, 0.717) is 23.6 Å². The summed E-state index contributed by atoms with van der Waals surface area (Å²) in [5.74, 6) is 0.643. The molecule has 28 heavy (non-hydrogen) atoms. The maximum atomic E-state index is 12.6. The van der Waals surface area contributed by atoms with E-state index in [1.54, 1.807) is 26.3 Å². The first-order chi connectivity index (χ1) is 13.2. The average molecular weight is 403 g/mol. The molecule has 0 atom stereocenters. The molecule has 150 valence electrons.